The van der Waals surface area contributed by atoms with Crippen molar-refractivity contribution >= 4 is 41.7 Å². The van der Waals surface area contributed by atoms with Crippen LogP contribution in [0.1, 0.15) is 32.3 Å². The standard InChI is InChI=1S/C21H32FN3OS.HI/c1-16(2)19-14-25(10-13-27-19)20(23-3)24-15-21(8-11-26-12-9-21)17-4-6-18(22)7-5-17;/h4-7,16,19H,8-15H2,1-3H3,(H,23,24);1H. The minimum Gasteiger partial charge on any atom is -0.381 e. The lowest BCUT2D eigenvalue weighted by molar-refractivity contribution is 0.0511. The van der Waals surface area contributed by atoms with E-state index in [1.165, 1.54) is 5.56 Å². The van der Waals surface area contributed by atoms with E-state index in [-0.39, 0.29) is 35.2 Å². The second-order valence-electron chi connectivity index (χ2n) is 7.90. The highest BCUT2D eigenvalue weighted by Crippen LogP contribution is 2.34. The monoisotopic (exact) mass is 521 g/mol. The molecule has 1 unspecified atom stereocenters. The van der Waals surface area contributed by atoms with Gasteiger partial charge in [0.2, 0.25) is 0 Å². The minimum absolute atomic E-state index is 0. The van der Waals surface area contributed by atoms with Crippen molar-refractivity contribution in [3.05, 3.63) is 35.6 Å². The Bertz CT molecular complexity index is 635. The van der Waals surface area contributed by atoms with E-state index >= 15 is 0 Å². The Morgan fingerprint density at radius 2 is 2.00 bits per heavy atom. The maximum atomic E-state index is 13.4. The van der Waals surface area contributed by atoms with Gasteiger partial charge in [-0.3, -0.25) is 4.99 Å². The molecular formula is C21H33FIN3OS. The molecule has 1 aromatic carbocycles. The van der Waals surface area contributed by atoms with E-state index in [4.69, 9.17) is 4.74 Å². The third kappa shape index (κ3) is 5.75. The second kappa shape index (κ2) is 11.0. The summed E-state index contributed by atoms with van der Waals surface area (Å²) in [6.45, 7) is 8.94. The van der Waals surface area contributed by atoms with Gasteiger partial charge in [-0.2, -0.15) is 11.8 Å². The summed E-state index contributed by atoms with van der Waals surface area (Å²) in [5, 5.41) is 4.28. The summed E-state index contributed by atoms with van der Waals surface area (Å²) >= 11 is 2.07. The molecule has 158 valence electrons. The van der Waals surface area contributed by atoms with Crippen molar-refractivity contribution < 1.29 is 9.13 Å². The van der Waals surface area contributed by atoms with Gasteiger partial charge in [0.05, 0.1) is 0 Å². The zero-order chi connectivity index (χ0) is 19.3. The highest BCUT2D eigenvalue weighted by Gasteiger charge is 2.35. The van der Waals surface area contributed by atoms with Crippen molar-refractivity contribution in [1.82, 2.24) is 10.2 Å². The van der Waals surface area contributed by atoms with Crippen LogP contribution < -0.4 is 5.32 Å². The first-order valence-electron chi connectivity index (χ1n) is 9.95. The molecule has 4 nitrogen and oxygen atoms in total. The Morgan fingerprint density at radius 3 is 2.61 bits per heavy atom. The first kappa shape index (κ1) is 23.7. The molecule has 1 atom stereocenters. The van der Waals surface area contributed by atoms with Gasteiger partial charge in [-0.1, -0.05) is 26.0 Å². The molecule has 0 aliphatic carbocycles. The van der Waals surface area contributed by atoms with Crippen LogP contribution >= 0.6 is 35.7 Å². The molecule has 3 rings (SSSR count). The van der Waals surface area contributed by atoms with E-state index in [9.17, 15) is 4.39 Å². The van der Waals surface area contributed by atoms with Crippen LogP contribution in [-0.2, 0) is 10.2 Å². The predicted molar refractivity (Wildman–Crippen MR) is 128 cm³/mol. The maximum absolute atomic E-state index is 13.4. The number of aliphatic imine (C=N–C) groups is 1. The van der Waals surface area contributed by atoms with E-state index < -0.39 is 0 Å². The number of guanidine groups is 1. The van der Waals surface area contributed by atoms with E-state index in [1.54, 1.807) is 12.1 Å². The van der Waals surface area contributed by atoms with Crippen molar-refractivity contribution in [2.24, 2.45) is 10.9 Å². The van der Waals surface area contributed by atoms with Crippen LogP contribution in [0.5, 0.6) is 0 Å². The fourth-order valence-electron chi connectivity index (χ4n) is 3.98. The summed E-state index contributed by atoms with van der Waals surface area (Å²) in [5.74, 6) is 2.60. The van der Waals surface area contributed by atoms with E-state index in [1.807, 2.05) is 19.2 Å². The van der Waals surface area contributed by atoms with E-state index in [0.717, 1.165) is 57.4 Å². The topological polar surface area (TPSA) is 36.9 Å². The zero-order valence-corrected chi connectivity index (χ0v) is 20.3. The molecule has 1 aromatic rings. The molecule has 0 aromatic heterocycles. The Balaban J connectivity index is 0.00000280. The first-order valence-corrected chi connectivity index (χ1v) is 11.0. The molecule has 0 radical (unpaired) electrons. The Labute approximate surface area is 190 Å². The van der Waals surface area contributed by atoms with Gasteiger partial charge >= 0.3 is 0 Å². The van der Waals surface area contributed by atoms with Gasteiger partial charge < -0.3 is 15.0 Å². The lowest BCUT2D eigenvalue weighted by Gasteiger charge is -2.40. The minimum atomic E-state index is -0.185. The number of nitrogens with one attached hydrogen (secondary N) is 1. The summed E-state index contributed by atoms with van der Waals surface area (Å²) in [5.41, 5.74) is 1.15. The molecule has 2 aliphatic heterocycles. The number of rotatable bonds is 4. The number of hydrogen-bond acceptors (Lipinski definition) is 3. The molecule has 2 aliphatic rings. The number of benzene rings is 1. The van der Waals surface area contributed by atoms with E-state index in [2.05, 4.69) is 40.8 Å². The van der Waals surface area contributed by atoms with Gasteiger partial charge in [0.1, 0.15) is 5.82 Å². The second-order valence-corrected chi connectivity index (χ2v) is 9.25. The predicted octanol–water partition coefficient (Wildman–Crippen LogP) is 4.14. The quantitative estimate of drug-likeness (QED) is 0.367. The van der Waals surface area contributed by atoms with Gasteiger partial charge in [0, 0.05) is 56.3 Å². The normalized spacial score (nSPS) is 22.7. The zero-order valence-electron chi connectivity index (χ0n) is 17.1. The highest BCUT2D eigenvalue weighted by molar-refractivity contribution is 14.0. The average molecular weight is 521 g/mol. The largest absolute Gasteiger partial charge is 0.381 e. The number of nitrogens with zero attached hydrogens (tertiary/aromatic N) is 2. The number of halogens is 2. The molecule has 0 spiro atoms. The molecular weight excluding hydrogens is 488 g/mol. The molecule has 2 heterocycles. The lowest BCUT2D eigenvalue weighted by atomic mass is 9.74. The summed E-state index contributed by atoms with van der Waals surface area (Å²) in [7, 11) is 1.86. The maximum Gasteiger partial charge on any atom is 0.193 e. The van der Waals surface area contributed by atoms with Crippen LogP contribution in [-0.4, -0.2) is 61.8 Å². The van der Waals surface area contributed by atoms with Gasteiger partial charge in [0.15, 0.2) is 5.96 Å². The molecule has 2 saturated heterocycles. The Kier molecular flexibility index (Phi) is 9.34. The smallest absolute Gasteiger partial charge is 0.193 e. The molecule has 0 amide bonds. The SMILES string of the molecule is CN=C(NCC1(c2ccc(F)cc2)CCOCC1)N1CCSC(C(C)C)C1.I. The van der Waals surface area contributed by atoms with Gasteiger partial charge in [-0.15, -0.1) is 24.0 Å². The van der Waals surface area contributed by atoms with Crippen LogP contribution in [0.4, 0.5) is 4.39 Å². The van der Waals surface area contributed by atoms with Crippen LogP contribution in [0.25, 0.3) is 0 Å². The summed E-state index contributed by atoms with van der Waals surface area (Å²) < 4.78 is 19.0. The molecule has 28 heavy (non-hydrogen) atoms. The number of hydrogen-bond donors (Lipinski definition) is 1. The van der Waals surface area contributed by atoms with Crippen molar-refractivity contribution in [3.8, 4) is 0 Å². The van der Waals surface area contributed by atoms with Crippen LogP contribution in [0.2, 0.25) is 0 Å². The van der Waals surface area contributed by atoms with Crippen LogP contribution in [0.3, 0.4) is 0 Å². The van der Waals surface area contributed by atoms with E-state index in [0.29, 0.717) is 11.2 Å². The Hall–Kier alpha value is -0.540. The van der Waals surface area contributed by atoms with Crippen LogP contribution in [0.15, 0.2) is 29.3 Å². The molecule has 2 fully saturated rings. The summed E-state index contributed by atoms with van der Waals surface area (Å²) in [4.78, 5) is 6.95. The van der Waals surface area contributed by atoms with Crippen molar-refractivity contribution in [3.63, 3.8) is 0 Å². The van der Waals surface area contributed by atoms with Crippen molar-refractivity contribution in [2.45, 2.75) is 37.4 Å². The molecule has 1 N–H and O–H groups in total. The fourth-order valence-corrected chi connectivity index (χ4v) is 5.28. The lowest BCUT2D eigenvalue weighted by Crippen LogP contribution is -2.52. The first-order chi connectivity index (χ1) is 13.0. The van der Waals surface area contributed by atoms with Crippen molar-refractivity contribution in [1.29, 1.82) is 0 Å². The van der Waals surface area contributed by atoms with Gasteiger partial charge in [-0.05, 0) is 36.5 Å². The van der Waals surface area contributed by atoms with Crippen molar-refractivity contribution in [2.75, 3.05) is 45.6 Å². The number of thioether (sulfide) groups is 1. The van der Waals surface area contributed by atoms with Crippen LogP contribution in [0, 0.1) is 11.7 Å². The summed E-state index contributed by atoms with van der Waals surface area (Å²) in [6.07, 6.45) is 1.88. The third-order valence-corrected chi connectivity index (χ3v) is 7.38. The van der Waals surface area contributed by atoms with Gasteiger partial charge in [-0.25, -0.2) is 4.39 Å². The molecule has 0 bridgehead atoms. The number of ether oxygens (including phenoxy) is 1. The third-order valence-electron chi connectivity index (χ3n) is 5.84. The molecule has 0 saturated carbocycles. The molecule has 7 heteroatoms. The highest BCUT2D eigenvalue weighted by atomic mass is 127. The Morgan fingerprint density at radius 1 is 1.32 bits per heavy atom. The fraction of sp³-hybridized carbons (Fsp3) is 0.667. The van der Waals surface area contributed by atoms with Gasteiger partial charge in [0.25, 0.3) is 0 Å². The average Bonchev–Trinajstić information content (AvgIpc) is 2.70. The summed E-state index contributed by atoms with van der Waals surface area (Å²) in [6, 6.07) is 6.99.